The summed E-state index contributed by atoms with van der Waals surface area (Å²) < 4.78 is 2.40. The Labute approximate surface area is 267 Å². The smallest absolute Gasteiger partial charge is 0.209 e. The van der Waals surface area contributed by atoms with Crippen LogP contribution in [0.15, 0.2) is 119 Å². The maximum absolute atomic E-state index is 7.13. The zero-order valence-electron chi connectivity index (χ0n) is 26.8. The monoisotopic (exact) mass is 597 g/mol. The first-order valence-corrected chi connectivity index (χ1v) is 16.3. The number of nitrogens with zero attached hydrogens (tertiary/aromatic N) is 2. The molecule has 44 heavy (non-hydrogen) atoms. The van der Waals surface area contributed by atoms with Crippen molar-refractivity contribution in [2.75, 3.05) is 19.0 Å². The molecule has 0 fully saturated rings. The Hall–Kier alpha value is -3.88. The van der Waals surface area contributed by atoms with Crippen LogP contribution in [0.1, 0.15) is 64.5 Å². The van der Waals surface area contributed by atoms with Gasteiger partial charge in [-0.25, -0.2) is 4.58 Å². The van der Waals surface area contributed by atoms with Gasteiger partial charge in [0, 0.05) is 46.9 Å². The first kappa shape index (κ1) is 28.9. The molecule has 0 amide bonds. The minimum Gasteiger partial charge on any atom is -0.347 e. The highest BCUT2D eigenvalue weighted by Gasteiger charge is 2.44. The molecule has 0 bridgehead atoms. The van der Waals surface area contributed by atoms with Gasteiger partial charge in [0.05, 0.1) is 5.41 Å². The minimum atomic E-state index is -0.101. The molecule has 0 radical (unpaired) electrons. The van der Waals surface area contributed by atoms with Gasteiger partial charge < -0.3 is 4.90 Å². The van der Waals surface area contributed by atoms with E-state index in [-0.39, 0.29) is 10.8 Å². The van der Waals surface area contributed by atoms with E-state index in [1.165, 1.54) is 66.6 Å². The predicted molar refractivity (Wildman–Crippen MR) is 190 cm³/mol. The average molecular weight is 598 g/mol. The van der Waals surface area contributed by atoms with Gasteiger partial charge in [0.1, 0.15) is 7.05 Å². The highest BCUT2D eigenvalue weighted by atomic mass is 35.5. The van der Waals surface area contributed by atoms with E-state index in [4.69, 9.17) is 11.6 Å². The lowest BCUT2D eigenvalue weighted by molar-refractivity contribution is -0.403. The van der Waals surface area contributed by atoms with Crippen molar-refractivity contribution in [2.24, 2.45) is 0 Å². The maximum Gasteiger partial charge on any atom is 0.209 e. The molecular weight excluding hydrogens is 556 g/mol. The van der Waals surface area contributed by atoms with Crippen molar-refractivity contribution in [2.45, 2.75) is 64.2 Å². The molecule has 0 atom stereocenters. The predicted octanol–water partition coefficient (Wildman–Crippen LogP) is 10.9. The van der Waals surface area contributed by atoms with E-state index in [2.05, 4.69) is 148 Å². The summed E-state index contributed by atoms with van der Waals surface area (Å²) >= 11 is 7.13. The summed E-state index contributed by atoms with van der Waals surface area (Å²) in [6.07, 6.45) is 13.3. The summed E-state index contributed by atoms with van der Waals surface area (Å²) in [6.45, 7) is 9.43. The van der Waals surface area contributed by atoms with Crippen molar-refractivity contribution in [3.05, 3.63) is 130 Å². The number of fused-ring (bicyclic) bond motifs is 6. The van der Waals surface area contributed by atoms with Crippen LogP contribution in [0.4, 0.5) is 11.4 Å². The van der Waals surface area contributed by atoms with Crippen LogP contribution < -0.4 is 4.90 Å². The fraction of sp³-hybridized carbons (Fsp3) is 0.293. The maximum atomic E-state index is 7.13. The largest absolute Gasteiger partial charge is 0.347 e. The van der Waals surface area contributed by atoms with Gasteiger partial charge in [-0.3, -0.25) is 0 Å². The van der Waals surface area contributed by atoms with Gasteiger partial charge in [0.15, 0.2) is 5.71 Å². The van der Waals surface area contributed by atoms with Gasteiger partial charge >= 0.3 is 0 Å². The lowest BCUT2D eigenvalue weighted by atomic mass is 9.78. The molecule has 1 aliphatic carbocycles. The Balaban J connectivity index is 1.16. The van der Waals surface area contributed by atoms with Crippen molar-refractivity contribution in [3.63, 3.8) is 0 Å². The molecule has 3 aliphatic rings. The minimum absolute atomic E-state index is 0.0414. The second kappa shape index (κ2) is 10.6. The van der Waals surface area contributed by atoms with Gasteiger partial charge in [-0.05, 0) is 89.6 Å². The van der Waals surface area contributed by atoms with Crippen molar-refractivity contribution in [3.8, 4) is 0 Å². The molecule has 2 nitrogen and oxygen atoms in total. The Morgan fingerprint density at radius 3 is 2.18 bits per heavy atom. The van der Waals surface area contributed by atoms with E-state index in [0.717, 1.165) is 30.7 Å². The number of benzene rings is 4. The fourth-order valence-electron chi connectivity index (χ4n) is 8.19. The molecule has 0 N–H and O–H groups in total. The molecule has 2 aliphatic heterocycles. The van der Waals surface area contributed by atoms with E-state index >= 15 is 0 Å². The van der Waals surface area contributed by atoms with Crippen LogP contribution in [0.2, 0.25) is 0 Å². The first-order chi connectivity index (χ1) is 21.1. The SMILES string of the molecule is CN1/C(=C/C=C2\CCCC(/C=C/CC3=[N+](C)c4ccc5ccccc5c4C3(C)C)=C2Cl)C(C)(C)c2c1ccc1ccccc21. The summed E-state index contributed by atoms with van der Waals surface area (Å²) in [4.78, 5) is 2.36. The first-order valence-electron chi connectivity index (χ1n) is 16.0. The quantitative estimate of drug-likeness (QED) is 0.212. The molecule has 4 aromatic rings. The van der Waals surface area contributed by atoms with Gasteiger partial charge in [-0.15, -0.1) is 0 Å². The van der Waals surface area contributed by atoms with Gasteiger partial charge in [0.25, 0.3) is 0 Å². The fourth-order valence-corrected chi connectivity index (χ4v) is 8.51. The molecule has 7 rings (SSSR count). The number of anilines is 1. The molecule has 222 valence electrons. The normalized spacial score (nSPS) is 21.0. The molecule has 3 heteroatoms. The lowest BCUT2D eigenvalue weighted by Crippen LogP contribution is -2.28. The van der Waals surface area contributed by atoms with Crippen LogP contribution in [0, 0.1) is 0 Å². The van der Waals surface area contributed by atoms with Crippen LogP contribution in [0.3, 0.4) is 0 Å². The molecule has 0 saturated carbocycles. The Morgan fingerprint density at radius 2 is 1.45 bits per heavy atom. The van der Waals surface area contributed by atoms with Crippen molar-refractivity contribution < 1.29 is 4.58 Å². The van der Waals surface area contributed by atoms with E-state index in [9.17, 15) is 0 Å². The van der Waals surface area contributed by atoms with E-state index in [1.807, 2.05) is 0 Å². The molecule has 0 aromatic heterocycles. The number of likely N-dealkylation sites (N-methyl/N-ethyl adjacent to an activating group) is 1. The third kappa shape index (κ3) is 4.41. The number of rotatable bonds is 4. The molecule has 4 aromatic carbocycles. The summed E-state index contributed by atoms with van der Waals surface area (Å²) in [5.41, 5.74) is 10.5. The highest BCUT2D eigenvalue weighted by Crippen LogP contribution is 2.50. The van der Waals surface area contributed by atoms with Crippen LogP contribution in [0.5, 0.6) is 0 Å². The zero-order chi connectivity index (χ0) is 30.8. The molecule has 2 heterocycles. The van der Waals surface area contributed by atoms with E-state index in [1.54, 1.807) is 0 Å². The second-order valence-corrected chi connectivity index (χ2v) is 14.1. The lowest BCUT2D eigenvalue weighted by Gasteiger charge is -2.24. The summed E-state index contributed by atoms with van der Waals surface area (Å²) in [5.74, 6) is 0. The van der Waals surface area contributed by atoms with Crippen molar-refractivity contribution in [1.82, 2.24) is 0 Å². The number of hydrogen-bond acceptors (Lipinski definition) is 1. The average Bonchev–Trinajstić information content (AvgIpc) is 3.34. The van der Waals surface area contributed by atoms with E-state index in [0.29, 0.717) is 0 Å². The number of halogens is 1. The Bertz CT molecular complexity index is 2000. The number of allylic oxidation sites excluding steroid dienone is 8. The Morgan fingerprint density at radius 1 is 0.795 bits per heavy atom. The van der Waals surface area contributed by atoms with Gasteiger partial charge in [-0.1, -0.05) is 98.3 Å². The Kier molecular flexibility index (Phi) is 6.98. The van der Waals surface area contributed by atoms with Crippen LogP contribution in [-0.4, -0.2) is 24.4 Å². The van der Waals surface area contributed by atoms with Gasteiger partial charge in [-0.2, -0.15) is 0 Å². The third-order valence-corrected chi connectivity index (χ3v) is 10.9. The topological polar surface area (TPSA) is 6.25 Å². The zero-order valence-corrected chi connectivity index (χ0v) is 27.6. The standard InChI is InChI=1S/C41H42ClN2/c1-40(2)35(43(5)33-24-21-27-13-7-9-18-31(27)37(33)40)20-12-17-29-15-11-16-30(39(29)42)23-26-36-41(3,4)38-32-19-10-8-14-28(32)22-25-34(38)44(36)6/h7-10,12-14,17-19,21-26H,11,15-16,20H2,1-6H3/q+1/b17-12+,30-23+,36-26+. The van der Waals surface area contributed by atoms with Crippen LogP contribution in [-0.2, 0) is 10.8 Å². The second-order valence-electron chi connectivity index (χ2n) is 13.7. The third-order valence-electron chi connectivity index (χ3n) is 10.4. The number of hydrogen-bond donors (Lipinski definition) is 0. The molecular formula is C41H42ClN2+. The van der Waals surface area contributed by atoms with Crippen molar-refractivity contribution in [1.29, 1.82) is 0 Å². The van der Waals surface area contributed by atoms with Crippen LogP contribution >= 0.6 is 11.6 Å². The summed E-state index contributed by atoms with van der Waals surface area (Å²) in [7, 11) is 4.41. The molecule has 0 unspecified atom stereocenters. The molecule has 0 saturated heterocycles. The summed E-state index contributed by atoms with van der Waals surface area (Å²) in [5, 5.41) is 6.22. The van der Waals surface area contributed by atoms with Crippen molar-refractivity contribution >= 4 is 50.2 Å². The van der Waals surface area contributed by atoms with Crippen LogP contribution in [0.25, 0.3) is 21.5 Å². The highest BCUT2D eigenvalue weighted by molar-refractivity contribution is 6.32. The van der Waals surface area contributed by atoms with E-state index < -0.39 is 0 Å². The molecule has 0 spiro atoms. The summed E-state index contributed by atoms with van der Waals surface area (Å²) in [6, 6.07) is 26.6. The van der Waals surface area contributed by atoms with Gasteiger partial charge in [0.2, 0.25) is 5.69 Å².